The number of thiocarbonyl (C=S) groups is 1. The summed E-state index contributed by atoms with van der Waals surface area (Å²) in [6.07, 6.45) is 0. The van der Waals surface area contributed by atoms with Crippen molar-refractivity contribution >= 4 is 45.8 Å². The molecular weight excluding hydrogens is 296 g/mol. The standard InChI is InChI=1S/C14H15ClN2S2/c1-8-6-7-12(19-8)9(2)17-11-5-3-4-10(15)13(11)14(16)18/h3-7,9,17H,1-2H3,(H2,16,18). The topological polar surface area (TPSA) is 38.0 Å². The smallest absolute Gasteiger partial charge is 0.107 e. The molecule has 0 aliphatic rings. The van der Waals surface area contributed by atoms with Crippen LogP contribution >= 0.6 is 35.2 Å². The minimum absolute atomic E-state index is 0.185. The Balaban J connectivity index is 2.28. The lowest BCUT2D eigenvalue weighted by Crippen LogP contribution is -2.15. The second-order valence-corrected chi connectivity index (χ2v) is 6.51. The number of rotatable bonds is 4. The van der Waals surface area contributed by atoms with Crippen molar-refractivity contribution in [1.82, 2.24) is 0 Å². The van der Waals surface area contributed by atoms with Gasteiger partial charge in [-0.15, -0.1) is 11.3 Å². The van der Waals surface area contributed by atoms with E-state index in [0.29, 0.717) is 15.6 Å². The number of benzene rings is 1. The monoisotopic (exact) mass is 310 g/mol. The van der Waals surface area contributed by atoms with E-state index in [1.807, 2.05) is 12.1 Å². The lowest BCUT2D eigenvalue weighted by Gasteiger charge is -2.17. The quantitative estimate of drug-likeness (QED) is 0.816. The highest BCUT2D eigenvalue weighted by atomic mass is 35.5. The summed E-state index contributed by atoms with van der Waals surface area (Å²) in [7, 11) is 0. The first kappa shape index (κ1) is 14.3. The van der Waals surface area contributed by atoms with Gasteiger partial charge in [0.1, 0.15) is 4.99 Å². The average molecular weight is 311 g/mol. The predicted molar refractivity (Wildman–Crippen MR) is 88.4 cm³/mol. The Labute approximate surface area is 127 Å². The molecule has 100 valence electrons. The van der Waals surface area contributed by atoms with Gasteiger partial charge < -0.3 is 11.1 Å². The lowest BCUT2D eigenvalue weighted by molar-refractivity contribution is 0.907. The highest BCUT2D eigenvalue weighted by Crippen LogP contribution is 2.30. The fourth-order valence-electron chi connectivity index (χ4n) is 1.89. The van der Waals surface area contributed by atoms with E-state index in [-0.39, 0.29) is 6.04 Å². The van der Waals surface area contributed by atoms with Gasteiger partial charge in [0.25, 0.3) is 0 Å². The minimum atomic E-state index is 0.185. The van der Waals surface area contributed by atoms with Crippen LogP contribution in [0.5, 0.6) is 0 Å². The van der Waals surface area contributed by atoms with Crippen molar-refractivity contribution in [2.45, 2.75) is 19.9 Å². The molecule has 0 fully saturated rings. The molecule has 0 saturated heterocycles. The normalized spacial score (nSPS) is 12.2. The largest absolute Gasteiger partial charge is 0.389 e. The fraction of sp³-hybridized carbons (Fsp3) is 0.214. The number of anilines is 1. The van der Waals surface area contributed by atoms with Crippen LogP contribution in [0.25, 0.3) is 0 Å². The maximum absolute atomic E-state index is 6.15. The summed E-state index contributed by atoms with van der Waals surface area (Å²) >= 11 is 13.0. The van der Waals surface area contributed by atoms with Crippen molar-refractivity contribution < 1.29 is 0 Å². The molecule has 2 nitrogen and oxygen atoms in total. The van der Waals surface area contributed by atoms with E-state index < -0.39 is 0 Å². The molecule has 0 bridgehead atoms. The van der Waals surface area contributed by atoms with E-state index in [9.17, 15) is 0 Å². The number of aryl methyl sites for hydroxylation is 1. The molecular formula is C14H15ClN2S2. The summed E-state index contributed by atoms with van der Waals surface area (Å²) in [5.41, 5.74) is 7.32. The highest BCUT2D eigenvalue weighted by Gasteiger charge is 2.13. The van der Waals surface area contributed by atoms with Gasteiger partial charge >= 0.3 is 0 Å². The van der Waals surface area contributed by atoms with Crippen molar-refractivity contribution in [3.8, 4) is 0 Å². The van der Waals surface area contributed by atoms with Crippen LogP contribution in [0.15, 0.2) is 30.3 Å². The molecule has 1 aromatic heterocycles. The molecule has 5 heteroatoms. The number of hydrogen-bond acceptors (Lipinski definition) is 3. The van der Waals surface area contributed by atoms with Gasteiger partial charge in [0.15, 0.2) is 0 Å². The van der Waals surface area contributed by atoms with Crippen LogP contribution in [0.1, 0.15) is 28.3 Å². The van der Waals surface area contributed by atoms with Crippen molar-refractivity contribution in [2.24, 2.45) is 5.73 Å². The molecule has 1 heterocycles. The summed E-state index contributed by atoms with van der Waals surface area (Å²) in [4.78, 5) is 2.87. The molecule has 0 spiro atoms. The van der Waals surface area contributed by atoms with Crippen LogP contribution in [-0.4, -0.2) is 4.99 Å². The third-order valence-electron chi connectivity index (χ3n) is 2.82. The van der Waals surface area contributed by atoms with E-state index >= 15 is 0 Å². The highest BCUT2D eigenvalue weighted by molar-refractivity contribution is 7.80. The third-order valence-corrected chi connectivity index (χ3v) is 4.52. The zero-order chi connectivity index (χ0) is 14.0. The molecule has 1 atom stereocenters. The number of nitrogens with two attached hydrogens (primary N) is 1. The average Bonchev–Trinajstić information content (AvgIpc) is 2.75. The molecule has 0 radical (unpaired) electrons. The van der Waals surface area contributed by atoms with Gasteiger partial charge in [-0.2, -0.15) is 0 Å². The van der Waals surface area contributed by atoms with Gasteiger partial charge in [-0.1, -0.05) is 29.9 Å². The number of halogens is 1. The van der Waals surface area contributed by atoms with E-state index in [1.165, 1.54) is 9.75 Å². The minimum Gasteiger partial charge on any atom is -0.389 e. The molecule has 2 aromatic rings. The SMILES string of the molecule is Cc1ccc(C(C)Nc2cccc(Cl)c2C(N)=S)s1. The summed E-state index contributed by atoms with van der Waals surface area (Å²) in [5.74, 6) is 0. The molecule has 3 N–H and O–H groups in total. The van der Waals surface area contributed by atoms with Gasteiger partial charge in [0.05, 0.1) is 16.6 Å². The predicted octanol–water partition coefficient (Wildman–Crippen LogP) is 4.52. The Morgan fingerprint density at radius 3 is 2.68 bits per heavy atom. The molecule has 1 unspecified atom stereocenters. The van der Waals surface area contributed by atoms with Crippen molar-refractivity contribution in [3.63, 3.8) is 0 Å². The Bertz CT molecular complexity index is 607. The van der Waals surface area contributed by atoms with Crippen LogP contribution in [0, 0.1) is 6.92 Å². The third kappa shape index (κ3) is 3.26. The van der Waals surface area contributed by atoms with E-state index in [0.717, 1.165) is 5.69 Å². The summed E-state index contributed by atoms with van der Waals surface area (Å²) in [5, 5.41) is 4.00. The zero-order valence-electron chi connectivity index (χ0n) is 10.7. The van der Waals surface area contributed by atoms with E-state index in [2.05, 4.69) is 31.3 Å². The molecule has 2 rings (SSSR count). The van der Waals surface area contributed by atoms with Crippen LogP contribution < -0.4 is 11.1 Å². The van der Waals surface area contributed by atoms with Crippen molar-refractivity contribution in [2.75, 3.05) is 5.32 Å². The first-order valence-electron chi connectivity index (χ1n) is 5.90. The molecule has 0 amide bonds. The number of hydrogen-bond donors (Lipinski definition) is 2. The van der Waals surface area contributed by atoms with Crippen molar-refractivity contribution in [3.05, 3.63) is 50.7 Å². The lowest BCUT2D eigenvalue weighted by atomic mass is 10.1. The van der Waals surface area contributed by atoms with E-state index in [4.69, 9.17) is 29.6 Å². The first-order valence-corrected chi connectivity index (χ1v) is 7.50. The Hall–Kier alpha value is -1.10. The second kappa shape index (κ2) is 5.90. The van der Waals surface area contributed by atoms with Gasteiger partial charge in [0, 0.05) is 15.4 Å². The van der Waals surface area contributed by atoms with Crippen LogP contribution in [0.4, 0.5) is 5.69 Å². The van der Waals surface area contributed by atoms with E-state index in [1.54, 1.807) is 17.4 Å². The summed E-state index contributed by atoms with van der Waals surface area (Å²) in [6.45, 7) is 4.20. The fourth-order valence-corrected chi connectivity index (χ4v) is 3.32. The van der Waals surface area contributed by atoms with Gasteiger partial charge in [-0.3, -0.25) is 0 Å². The second-order valence-electron chi connectivity index (χ2n) is 4.34. The maximum atomic E-state index is 6.15. The Morgan fingerprint density at radius 1 is 1.37 bits per heavy atom. The molecule has 0 aliphatic heterocycles. The number of nitrogens with one attached hydrogen (secondary N) is 1. The van der Waals surface area contributed by atoms with Crippen LogP contribution in [0.2, 0.25) is 5.02 Å². The van der Waals surface area contributed by atoms with Gasteiger partial charge in [-0.25, -0.2) is 0 Å². The van der Waals surface area contributed by atoms with Gasteiger partial charge in [0.2, 0.25) is 0 Å². The first-order chi connectivity index (χ1) is 8.99. The molecule has 0 aliphatic carbocycles. The Kier molecular flexibility index (Phi) is 4.45. The van der Waals surface area contributed by atoms with Crippen LogP contribution in [0.3, 0.4) is 0 Å². The van der Waals surface area contributed by atoms with Crippen LogP contribution in [-0.2, 0) is 0 Å². The number of thiophene rings is 1. The maximum Gasteiger partial charge on any atom is 0.107 e. The molecule has 0 saturated carbocycles. The Morgan fingerprint density at radius 2 is 2.11 bits per heavy atom. The summed E-state index contributed by atoms with van der Waals surface area (Å²) in [6, 6.07) is 10.1. The van der Waals surface area contributed by atoms with Gasteiger partial charge in [-0.05, 0) is 38.1 Å². The molecule has 19 heavy (non-hydrogen) atoms. The zero-order valence-corrected chi connectivity index (χ0v) is 13.1. The summed E-state index contributed by atoms with van der Waals surface area (Å²) < 4.78 is 0. The van der Waals surface area contributed by atoms with Crippen molar-refractivity contribution in [1.29, 1.82) is 0 Å². The molecule has 1 aromatic carbocycles.